The molecule has 2 aromatic carbocycles. The Morgan fingerprint density at radius 2 is 2.11 bits per heavy atom. The van der Waals surface area contributed by atoms with E-state index in [0.717, 1.165) is 33.4 Å². The first-order valence-corrected chi connectivity index (χ1v) is 9.43. The van der Waals surface area contributed by atoms with Crippen molar-refractivity contribution in [1.82, 2.24) is 4.57 Å². The van der Waals surface area contributed by atoms with Gasteiger partial charge in [-0.25, -0.2) is 0 Å². The molecule has 3 aromatic rings. The summed E-state index contributed by atoms with van der Waals surface area (Å²) in [7, 11) is 0. The largest absolute Gasteiger partial charge is 0.508 e. The predicted molar refractivity (Wildman–Crippen MR) is 107 cm³/mol. The highest BCUT2D eigenvalue weighted by molar-refractivity contribution is 9.10. The minimum Gasteiger partial charge on any atom is -0.508 e. The lowest BCUT2D eigenvalue weighted by Gasteiger charge is -2.03. The number of carbonyl (C=O) groups excluding carboxylic acids is 1. The maximum Gasteiger partial charge on any atom is 0.235 e. The van der Waals surface area contributed by atoms with Crippen molar-refractivity contribution >= 4 is 38.7 Å². The minimum atomic E-state index is -0.440. The molecule has 1 aromatic heterocycles. The van der Waals surface area contributed by atoms with Gasteiger partial charge in [0.1, 0.15) is 22.8 Å². The molecule has 0 saturated heterocycles. The topological polar surface area (TPSA) is 95.5 Å². The number of ketones is 1. The third-order valence-electron chi connectivity index (χ3n) is 4.60. The number of carbonyl (C=O) groups is 1. The van der Waals surface area contributed by atoms with Crippen molar-refractivity contribution in [3.8, 4) is 23.3 Å². The van der Waals surface area contributed by atoms with Gasteiger partial charge in [0.05, 0.1) is 6.07 Å². The van der Waals surface area contributed by atoms with E-state index in [4.69, 9.17) is 10.00 Å². The van der Waals surface area contributed by atoms with E-state index in [0.29, 0.717) is 13.0 Å². The number of ether oxygens (including phenoxy) is 1. The third-order valence-corrected chi connectivity index (χ3v) is 5.26. The number of rotatable bonds is 4. The van der Waals surface area contributed by atoms with Gasteiger partial charge in [0.15, 0.2) is 5.76 Å². The number of benzene rings is 2. The van der Waals surface area contributed by atoms with Crippen LogP contribution in [0.4, 0.5) is 0 Å². The van der Waals surface area contributed by atoms with E-state index >= 15 is 0 Å². The summed E-state index contributed by atoms with van der Waals surface area (Å²) in [6, 6.07) is 10.4. The van der Waals surface area contributed by atoms with Crippen molar-refractivity contribution < 1.29 is 19.7 Å². The Morgan fingerprint density at radius 1 is 1.29 bits per heavy atom. The first kappa shape index (κ1) is 18.1. The number of fused-ring (bicyclic) bond motifs is 2. The molecule has 0 unspecified atom stereocenters. The van der Waals surface area contributed by atoms with Gasteiger partial charge in [0, 0.05) is 52.2 Å². The molecular formula is C21H15BrN2O4. The SMILES string of the molecule is N#CCCCn1cc(/C=C2/Oc3cc(O)cc(O)c3C2=O)c2c(Br)cccc21. The zero-order valence-corrected chi connectivity index (χ0v) is 16.2. The zero-order chi connectivity index (χ0) is 19.8. The molecule has 0 aliphatic carbocycles. The molecule has 2 N–H and O–H groups in total. The van der Waals surface area contributed by atoms with Gasteiger partial charge in [-0.15, -0.1) is 0 Å². The molecule has 7 heteroatoms. The summed E-state index contributed by atoms with van der Waals surface area (Å²) in [6.07, 6.45) is 4.73. The number of phenolic OH excluding ortho intramolecular Hbond substituents is 2. The lowest BCUT2D eigenvalue weighted by atomic mass is 10.1. The molecule has 0 amide bonds. The van der Waals surface area contributed by atoms with Crippen molar-refractivity contribution in [3.63, 3.8) is 0 Å². The van der Waals surface area contributed by atoms with Crippen LogP contribution < -0.4 is 4.74 Å². The number of nitrogens with zero attached hydrogens (tertiary/aromatic N) is 2. The monoisotopic (exact) mass is 438 g/mol. The standard InChI is InChI=1S/C21H15BrN2O4/c22-14-4-3-5-15-19(14)12(11-24(15)7-2-1-6-23)8-18-21(27)20-16(26)9-13(25)10-17(20)28-18/h3-5,8-11,25-26H,1-2,7H2/b18-8+. The molecule has 140 valence electrons. The van der Waals surface area contributed by atoms with Crippen molar-refractivity contribution in [2.75, 3.05) is 0 Å². The average molecular weight is 439 g/mol. The van der Waals surface area contributed by atoms with Crippen molar-refractivity contribution in [2.24, 2.45) is 0 Å². The Bertz CT molecular complexity index is 1190. The second-order valence-electron chi connectivity index (χ2n) is 6.45. The molecule has 0 saturated carbocycles. The maximum absolute atomic E-state index is 12.7. The second kappa shape index (κ2) is 7.06. The number of Topliss-reactive ketones (excluding diaryl/α,β-unsaturated/α-hetero) is 1. The van der Waals surface area contributed by atoms with Crippen LogP contribution in [0.1, 0.15) is 28.8 Å². The number of allylic oxidation sites excluding steroid dienone is 1. The Labute approximate surface area is 169 Å². The molecule has 6 nitrogen and oxygen atoms in total. The van der Waals surface area contributed by atoms with Gasteiger partial charge in [0.2, 0.25) is 5.78 Å². The number of aromatic hydroxyl groups is 2. The Morgan fingerprint density at radius 3 is 2.89 bits per heavy atom. The fourth-order valence-electron chi connectivity index (χ4n) is 3.38. The van der Waals surface area contributed by atoms with E-state index in [1.807, 2.05) is 29.0 Å². The maximum atomic E-state index is 12.7. The van der Waals surface area contributed by atoms with Gasteiger partial charge in [-0.3, -0.25) is 4.79 Å². The first-order valence-electron chi connectivity index (χ1n) is 8.64. The number of phenols is 2. The lowest BCUT2D eigenvalue weighted by Crippen LogP contribution is -1.98. The van der Waals surface area contributed by atoms with E-state index in [1.165, 1.54) is 6.07 Å². The van der Waals surface area contributed by atoms with Crippen LogP contribution in [0.3, 0.4) is 0 Å². The summed E-state index contributed by atoms with van der Waals surface area (Å²) >= 11 is 3.56. The average Bonchev–Trinajstić information content (AvgIpc) is 3.14. The van der Waals surface area contributed by atoms with E-state index in [9.17, 15) is 15.0 Å². The molecule has 0 fully saturated rings. The van der Waals surface area contributed by atoms with Crippen molar-refractivity contribution in [2.45, 2.75) is 19.4 Å². The fourth-order valence-corrected chi connectivity index (χ4v) is 3.97. The normalized spacial score (nSPS) is 14.3. The molecule has 28 heavy (non-hydrogen) atoms. The fraction of sp³-hybridized carbons (Fsp3) is 0.143. The van der Waals surface area contributed by atoms with Crippen LogP contribution in [0.5, 0.6) is 17.2 Å². The van der Waals surface area contributed by atoms with E-state index in [-0.39, 0.29) is 28.6 Å². The highest BCUT2D eigenvalue weighted by atomic mass is 79.9. The second-order valence-corrected chi connectivity index (χ2v) is 7.31. The van der Waals surface area contributed by atoms with Crippen LogP contribution in [0, 0.1) is 11.3 Å². The van der Waals surface area contributed by atoms with Crippen molar-refractivity contribution in [1.29, 1.82) is 5.26 Å². The molecular weight excluding hydrogens is 424 g/mol. The van der Waals surface area contributed by atoms with Gasteiger partial charge < -0.3 is 19.5 Å². The van der Waals surface area contributed by atoms with Crippen molar-refractivity contribution in [3.05, 3.63) is 57.9 Å². The molecule has 2 heterocycles. The molecule has 0 bridgehead atoms. The predicted octanol–water partition coefficient (Wildman–Crippen LogP) is 4.73. The summed E-state index contributed by atoms with van der Waals surface area (Å²) in [5, 5.41) is 29.3. The third kappa shape index (κ3) is 3.02. The molecule has 0 radical (unpaired) electrons. The Balaban J connectivity index is 1.79. The number of nitriles is 1. The van der Waals surface area contributed by atoms with Crippen LogP contribution >= 0.6 is 15.9 Å². The van der Waals surface area contributed by atoms with Crippen LogP contribution in [0.25, 0.3) is 17.0 Å². The minimum absolute atomic E-state index is 0.0425. The molecule has 0 atom stereocenters. The highest BCUT2D eigenvalue weighted by Gasteiger charge is 2.31. The summed E-state index contributed by atoms with van der Waals surface area (Å²) in [6.45, 7) is 0.674. The van der Waals surface area contributed by atoms with Gasteiger partial charge >= 0.3 is 0 Å². The number of aromatic nitrogens is 1. The van der Waals surface area contributed by atoms with Gasteiger partial charge in [0.25, 0.3) is 0 Å². The summed E-state index contributed by atoms with van der Waals surface area (Å²) in [5.41, 5.74) is 1.79. The van der Waals surface area contributed by atoms with Gasteiger partial charge in [-0.1, -0.05) is 22.0 Å². The summed E-state index contributed by atoms with van der Waals surface area (Å²) in [5.74, 6) is -0.733. The van der Waals surface area contributed by atoms with Crippen LogP contribution in [0.15, 0.2) is 46.8 Å². The molecule has 1 aliphatic rings. The van der Waals surface area contributed by atoms with Crippen LogP contribution in [0.2, 0.25) is 0 Å². The van der Waals surface area contributed by atoms with E-state index in [2.05, 4.69) is 22.0 Å². The quantitative estimate of drug-likeness (QED) is 0.453. The van der Waals surface area contributed by atoms with Crippen LogP contribution in [-0.2, 0) is 6.54 Å². The zero-order valence-electron chi connectivity index (χ0n) is 14.6. The van der Waals surface area contributed by atoms with E-state index < -0.39 is 5.78 Å². The number of unbranched alkanes of at least 4 members (excludes halogenated alkanes) is 1. The lowest BCUT2D eigenvalue weighted by molar-refractivity contribution is 0.101. The number of hydrogen-bond acceptors (Lipinski definition) is 5. The molecule has 4 rings (SSSR count). The summed E-state index contributed by atoms with van der Waals surface area (Å²) < 4.78 is 8.52. The first-order chi connectivity index (χ1) is 13.5. The van der Waals surface area contributed by atoms with E-state index in [1.54, 1.807) is 6.08 Å². The highest BCUT2D eigenvalue weighted by Crippen LogP contribution is 2.41. The Kier molecular flexibility index (Phi) is 4.57. The van der Waals surface area contributed by atoms with Gasteiger partial charge in [-0.05, 0) is 24.6 Å². The van der Waals surface area contributed by atoms with Crippen LogP contribution in [-0.4, -0.2) is 20.6 Å². The van der Waals surface area contributed by atoms with Gasteiger partial charge in [-0.2, -0.15) is 5.26 Å². The number of halogens is 1. The molecule has 0 spiro atoms. The molecule has 1 aliphatic heterocycles. The number of hydrogen-bond donors (Lipinski definition) is 2. The Hall–Kier alpha value is -3.24. The smallest absolute Gasteiger partial charge is 0.235 e. The number of aryl methyl sites for hydroxylation is 1. The summed E-state index contributed by atoms with van der Waals surface area (Å²) in [4.78, 5) is 12.7.